The number of hydrogen-bond donors (Lipinski definition) is 0. The molecule has 0 bridgehead atoms. The van der Waals surface area contributed by atoms with E-state index in [2.05, 4.69) is 214 Å². The van der Waals surface area contributed by atoms with Gasteiger partial charge in [0.25, 0.3) is 0 Å². The topological polar surface area (TPSA) is 29.5 Å². The predicted molar refractivity (Wildman–Crippen MR) is 257 cm³/mol. The maximum absolute atomic E-state index is 6.63. The fraction of sp³-hybridized carbons (Fsp3) is 0.0847. The van der Waals surface area contributed by atoms with Crippen LogP contribution in [0.5, 0.6) is 0 Å². The second-order valence-corrected chi connectivity index (χ2v) is 17.5. The van der Waals surface area contributed by atoms with Crippen molar-refractivity contribution in [2.45, 2.75) is 31.6 Å². The summed E-state index contributed by atoms with van der Waals surface area (Å²) in [4.78, 5) is 2.49. The van der Waals surface area contributed by atoms with Crippen LogP contribution in [-0.4, -0.2) is 0 Å². The highest BCUT2D eigenvalue weighted by Gasteiger charge is 2.50. The molecule has 0 saturated carbocycles. The number of allylic oxidation sites excluding steroid dienone is 6. The van der Waals surface area contributed by atoms with Crippen molar-refractivity contribution in [1.82, 2.24) is 0 Å². The van der Waals surface area contributed by atoms with E-state index in [-0.39, 0.29) is 5.41 Å². The minimum Gasteiger partial charge on any atom is -0.456 e. The van der Waals surface area contributed by atoms with Crippen LogP contribution in [0.2, 0.25) is 0 Å². The van der Waals surface area contributed by atoms with Crippen molar-refractivity contribution in [1.29, 1.82) is 0 Å². The van der Waals surface area contributed by atoms with Crippen molar-refractivity contribution in [3.8, 4) is 22.3 Å². The van der Waals surface area contributed by atoms with E-state index in [1.807, 2.05) is 6.07 Å². The minimum absolute atomic E-state index is 0.169. The standard InChI is InChI=1S/C59H41NO2/c1-4-5-6-16-36-35-59(47-22-12-8-18-40(47)43-30-32-54-56(57(43)59)44-20-10-14-26-52(44)62-54)48-23-15-24-50(55(36)48)60(37-28-31-53-45(33-37)42-19-9-13-25-51(42)61-53)38-27-29-41-39-17-7-11-21-46(39)58(2,3)49(41)34-38/h4-35H,1-3H3/b5-4-,16-6-. The number of rotatable bonds is 5. The Morgan fingerprint density at radius 3 is 1.94 bits per heavy atom. The highest BCUT2D eigenvalue weighted by molar-refractivity contribution is 6.14. The Kier molecular flexibility index (Phi) is 7.20. The average molecular weight is 796 g/mol. The molecular weight excluding hydrogens is 755 g/mol. The Balaban J connectivity index is 1.13. The summed E-state index contributed by atoms with van der Waals surface area (Å²) < 4.78 is 13.0. The summed E-state index contributed by atoms with van der Waals surface area (Å²) in [5.41, 5.74) is 20.1. The first kappa shape index (κ1) is 35.2. The number of para-hydroxylation sites is 2. The zero-order valence-corrected chi connectivity index (χ0v) is 34.7. The van der Waals surface area contributed by atoms with Crippen LogP contribution in [0.1, 0.15) is 54.2 Å². The van der Waals surface area contributed by atoms with Gasteiger partial charge in [0.05, 0.1) is 11.1 Å². The summed E-state index contributed by atoms with van der Waals surface area (Å²) in [7, 11) is 0. The number of hydrogen-bond acceptors (Lipinski definition) is 3. The second kappa shape index (κ2) is 12.7. The van der Waals surface area contributed by atoms with Crippen molar-refractivity contribution in [2.24, 2.45) is 0 Å². The maximum atomic E-state index is 6.63. The van der Waals surface area contributed by atoms with Crippen LogP contribution in [0, 0.1) is 0 Å². The molecule has 62 heavy (non-hydrogen) atoms. The number of furan rings is 2. The van der Waals surface area contributed by atoms with Gasteiger partial charge in [0.2, 0.25) is 0 Å². The molecule has 0 N–H and O–H groups in total. The summed E-state index contributed by atoms with van der Waals surface area (Å²) in [6.07, 6.45) is 11.3. The molecule has 0 saturated heterocycles. The van der Waals surface area contributed by atoms with Crippen LogP contribution in [-0.2, 0) is 10.8 Å². The highest BCUT2D eigenvalue weighted by atomic mass is 16.3. The van der Waals surface area contributed by atoms with Crippen molar-refractivity contribution in [3.05, 3.63) is 228 Å². The SMILES string of the molecule is C/C=C\C=C/C1=CC2(c3ccccc3-c3ccc4oc5ccccc5c4c32)c2cccc(N(c3ccc4c(c3)C(C)(C)c3ccccc3-4)c3ccc4oc5ccccc5c4c3)c21. The van der Waals surface area contributed by atoms with Gasteiger partial charge in [-0.05, 0) is 117 Å². The van der Waals surface area contributed by atoms with E-state index in [1.54, 1.807) is 0 Å². The molecule has 2 heterocycles. The Morgan fingerprint density at radius 1 is 0.484 bits per heavy atom. The lowest BCUT2D eigenvalue weighted by Gasteiger charge is -2.32. The van der Waals surface area contributed by atoms with Gasteiger partial charge in [-0.2, -0.15) is 0 Å². The molecule has 10 aromatic rings. The van der Waals surface area contributed by atoms with E-state index in [0.29, 0.717) is 0 Å². The van der Waals surface area contributed by atoms with E-state index >= 15 is 0 Å². The minimum atomic E-state index is -0.586. The summed E-state index contributed by atoms with van der Waals surface area (Å²) in [5, 5.41) is 4.52. The van der Waals surface area contributed by atoms with Crippen molar-refractivity contribution < 1.29 is 8.83 Å². The largest absolute Gasteiger partial charge is 0.456 e. The molecule has 1 spiro atoms. The quantitative estimate of drug-likeness (QED) is 0.163. The number of benzene rings is 8. The molecule has 0 fully saturated rings. The molecular formula is C59H41NO2. The Hall–Kier alpha value is -7.62. The molecule has 1 unspecified atom stereocenters. The van der Waals surface area contributed by atoms with Gasteiger partial charge in [0.1, 0.15) is 22.3 Å². The molecule has 8 aromatic carbocycles. The van der Waals surface area contributed by atoms with Gasteiger partial charge >= 0.3 is 0 Å². The molecule has 3 nitrogen and oxygen atoms in total. The van der Waals surface area contributed by atoms with Gasteiger partial charge in [0, 0.05) is 43.9 Å². The van der Waals surface area contributed by atoms with Crippen molar-refractivity contribution >= 4 is 66.5 Å². The zero-order chi connectivity index (χ0) is 41.3. The third-order valence-electron chi connectivity index (χ3n) is 14.0. The van der Waals surface area contributed by atoms with E-state index in [1.165, 1.54) is 66.6 Å². The Morgan fingerprint density at radius 2 is 1.10 bits per heavy atom. The maximum Gasteiger partial charge on any atom is 0.135 e. The smallest absolute Gasteiger partial charge is 0.135 e. The van der Waals surface area contributed by atoms with Gasteiger partial charge in [0.15, 0.2) is 0 Å². The molecule has 3 aliphatic rings. The number of anilines is 3. The van der Waals surface area contributed by atoms with Gasteiger partial charge in [-0.25, -0.2) is 0 Å². The molecule has 0 amide bonds. The predicted octanol–water partition coefficient (Wildman–Crippen LogP) is 16.1. The lowest BCUT2D eigenvalue weighted by atomic mass is 9.73. The van der Waals surface area contributed by atoms with Crippen LogP contribution in [0.25, 0.3) is 71.7 Å². The third-order valence-corrected chi connectivity index (χ3v) is 14.0. The van der Waals surface area contributed by atoms with Crippen LogP contribution in [0.4, 0.5) is 17.1 Å². The van der Waals surface area contributed by atoms with Crippen LogP contribution >= 0.6 is 0 Å². The summed E-state index contributed by atoms with van der Waals surface area (Å²) in [5.74, 6) is 0. The first-order chi connectivity index (χ1) is 30.5. The molecule has 2 aromatic heterocycles. The van der Waals surface area contributed by atoms with Gasteiger partial charge in [-0.1, -0.05) is 153 Å². The molecule has 0 aliphatic heterocycles. The first-order valence-corrected chi connectivity index (χ1v) is 21.6. The molecule has 13 rings (SSSR count). The van der Waals surface area contributed by atoms with E-state index in [0.717, 1.165) is 55.6 Å². The van der Waals surface area contributed by atoms with Crippen LogP contribution in [0.15, 0.2) is 203 Å². The Labute approximate surface area is 360 Å². The molecule has 3 heteroatoms. The van der Waals surface area contributed by atoms with Gasteiger partial charge < -0.3 is 13.7 Å². The van der Waals surface area contributed by atoms with Crippen molar-refractivity contribution in [2.75, 3.05) is 4.90 Å². The normalized spacial score (nSPS) is 16.8. The molecule has 1 atom stereocenters. The van der Waals surface area contributed by atoms with Crippen LogP contribution in [0.3, 0.4) is 0 Å². The monoisotopic (exact) mass is 795 g/mol. The lowest BCUT2D eigenvalue weighted by molar-refractivity contribution is 0.660. The first-order valence-electron chi connectivity index (χ1n) is 21.6. The van der Waals surface area contributed by atoms with E-state index in [4.69, 9.17) is 8.83 Å². The van der Waals surface area contributed by atoms with Gasteiger partial charge in [-0.15, -0.1) is 0 Å². The van der Waals surface area contributed by atoms with Gasteiger partial charge in [-0.3, -0.25) is 0 Å². The lowest BCUT2D eigenvalue weighted by Crippen LogP contribution is -2.23. The average Bonchev–Trinajstić information content (AvgIpc) is 4.09. The number of fused-ring (bicyclic) bond motifs is 17. The third kappa shape index (κ3) is 4.60. The molecule has 294 valence electrons. The van der Waals surface area contributed by atoms with Crippen LogP contribution < -0.4 is 4.90 Å². The second-order valence-electron chi connectivity index (χ2n) is 17.5. The summed E-state index contributed by atoms with van der Waals surface area (Å²) in [6.45, 7) is 6.80. The summed E-state index contributed by atoms with van der Waals surface area (Å²) in [6, 6.07) is 59.9. The molecule has 3 aliphatic carbocycles. The fourth-order valence-electron chi connectivity index (χ4n) is 11.3. The van der Waals surface area contributed by atoms with Crippen molar-refractivity contribution in [3.63, 3.8) is 0 Å². The number of nitrogens with zero attached hydrogens (tertiary/aromatic N) is 1. The molecule has 0 radical (unpaired) electrons. The van der Waals surface area contributed by atoms with E-state index in [9.17, 15) is 0 Å². The summed E-state index contributed by atoms with van der Waals surface area (Å²) >= 11 is 0. The van der Waals surface area contributed by atoms with E-state index < -0.39 is 5.41 Å². The highest BCUT2D eigenvalue weighted by Crippen LogP contribution is 2.63. The zero-order valence-electron chi connectivity index (χ0n) is 34.7. The fourth-order valence-corrected chi connectivity index (χ4v) is 11.3. The Bertz CT molecular complexity index is 3640.